The second-order valence-corrected chi connectivity index (χ2v) is 8.19. The van der Waals surface area contributed by atoms with Crippen molar-refractivity contribution < 1.29 is 9.53 Å². The number of benzene rings is 1. The fraction of sp³-hybridized carbons (Fsp3) is 0.160. The van der Waals surface area contributed by atoms with Crippen molar-refractivity contribution >= 4 is 39.3 Å². The molecule has 35 heavy (non-hydrogen) atoms. The van der Waals surface area contributed by atoms with Gasteiger partial charge in [-0.05, 0) is 42.8 Å². The number of hydrogen-bond donors (Lipinski definition) is 2. The number of amides is 1. The first-order chi connectivity index (χ1) is 16.9. The summed E-state index contributed by atoms with van der Waals surface area (Å²) in [6, 6.07) is 11.1. The van der Waals surface area contributed by atoms with Crippen LogP contribution in [0, 0.1) is 6.92 Å². The lowest BCUT2D eigenvalue weighted by Gasteiger charge is -2.11. The average molecular weight is 470 g/mol. The number of nitrogens with zero attached hydrogens (tertiary/aromatic N) is 5. The SMILES string of the molecule is COCC(=O)Nc1ccc(-n2c(=O)n(C)c3cnc4ccc(-c5cncc(N)c5)cc4c32)c(C)n1. The molecule has 4 heterocycles. The van der Waals surface area contributed by atoms with E-state index in [1.54, 1.807) is 53.8 Å². The van der Waals surface area contributed by atoms with Crippen molar-refractivity contribution in [3.63, 3.8) is 0 Å². The number of aryl methyl sites for hydroxylation is 2. The number of pyridine rings is 3. The second-order valence-electron chi connectivity index (χ2n) is 8.19. The van der Waals surface area contributed by atoms with Gasteiger partial charge in [-0.2, -0.15) is 0 Å². The van der Waals surface area contributed by atoms with E-state index in [0.717, 1.165) is 22.0 Å². The fourth-order valence-corrected chi connectivity index (χ4v) is 4.19. The van der Waals surface area contributed by atoms with Crippen molar-refractivity contribution in [3.05, 3.63) is 71.2 Å². The Hall–Kier alpha value is -4.57. The smallest absolute Gasteiger partial charge is 0.333 e. The predicted molar refractivity (Wildman–Crippen MR) is 134 cm³/mol. The highest BCUT2D eigenvalue weighted by Crippen LogP contribution is 2.30. The number of nitrogens with one attached hydrogen (secondary N) is 1. The lowest BCUT2D eigenvalue weighted by atomic mass is 10.0. The Morgan fingerprint density at radius 1 is 1.11 bits per heavy atom. The summed E-state index contributed by atoms with van der Waals surface area (Å²) in [7, 11) is 3.16. The van der Waals surface area contributed by atoms with Gasteiger partial charge >= 0.3 is 5.69 Å². The molecule has 4 aromatic heterocycles. The molecule has 0 atom stereocenters. The van der Waals surface area contributed by atoms with Crippen LogP contribution in [0.25, 0.3) is 38.8 Å². The van der Waals surface area contributed by atoms with Crippen molar-refractivity contribution in [1.29, 1.82) is 0 Å². The third kappa shape index (κ3) is 3.89. The van der Waals surface area contributed by atoms with Crippen molar-refractivity contribution in [2.24, 2.45) is 7.05 Å². The normalized spacial score (nSPS) is 11.3. The molecule has 0 aliphatic carbocycles. The topological polar surface area (TPSA) is 130 Å². The monoisotopic (exact) mass is 469 g/mol. The first-order valence-corrected chi connectivity index (χ1v) is 10.9. The van der Waals surface area contributed by atoms with E-state index in [0.29, 0.717) is 33.9 Å². The highest BCUT2D eigenvalue weighted by molar-refractivity contribution is 6.04. The van der Waals surface area contributed by atoms with Crippen molar-refractivity contribution in [2.45, 2.75) is 6.92 Å². The summed E-state index contributed by atoms with van der Waals surface area (Å²) in [5.41, 5.74) is 11.4. The number of methoxy groups -OCH3 is 1. The molecule has 0 fully saturated rings. The van der Waals surface area contributed by atoms with Gasteiger partial charge in [-0.15, -0.1) is 0 Å². The minimum atomic E-state index is -0.310. The highest BCUT2D eigenvalue weighted by atomic mass is 16.5. The van der Waals surface area contributed by atoms with Gasteiger partial charge in [0, 0.05) is 37.5 Å². The minimum Gasteiger partial charge on any atom is -0.397 e. The van der Waals surface area contributed by atoms with Gasteiger partial charge < -0.3 is 15.8 Å². The van der Waals surface area contributed by atoms with E-state index < -0.39 is 0 Å². The molecular weight excluding hydrogens is 446 g/mol. The standard InChI is InChI=1S/C25H23N7O3/c1-14-20(6-7-22(29-14)30-23(33)13-35-3)32-24-18-9-15(16-8-17(26)11-27-10-16)4-5-19(18)28-12-21(24)31(2)25(32)34/h4-12H,13,26H2,1-3H3,(H,29,30,33). The molecule has 0 aliphatic heterocycles. The Balaban J connectivity index is 1.72. The average Bonchev–Trinajstić information content (AvgIpc) is 3.09. The first-order valence-electron chi connectivity index (χ1n) is 10.9. The molecule has 10 heteroatoms. The van der Waals surface area contributed by atoms with Crippen LogP contribution in [0.4, 0.5) is 11.5 Å². The van der Waals surface area contributed by atoms with Crippen LogP contribution in [0.1, 0.15) is 5.69 Å². The van der Waals surface area contributed by atoms with Crippen LogP contribution < -0.4 is 16.7 Å². The van der Waals surface area contributed by atoms with E-state index in [1.807, 2.05) is 24.3 Å². The van der Waals surface area contributed by atoms with Crippen LogP contribution in [-0.2, 0) is 16.6 Å². The molecule has 0 bridgehead atoms. The van der Waals surface area contributed by atoms with Crippen molar-refractivity contribution in [1.82, 2.24) is 24.1 Å². The quantitative estimate of drug-likeness (QED) is 0.405. The Kier molecular flexibility index (Phi) is 5.50. The van der Waals surface area contributed by atoms with E-state index in [4.69, 9.17) is 10.5 Å². The second kappa shape index (κ2) is 8.65. The highest BCUT2D eigenvalue weighted by Gasteiger charge is 2.19. The predicted octanol–water partition coefficient (Wildman–Crippen LogP) is 2.81. The minimum absolute atomic E-state index is 0.0742. The Morgan fingerprint density at radius 3 is 2.69 bits per heavy atom. The van der Waals surface area contributed by atoms with Crippen LogP contribution >= 0.6 is 0 Å². The number of carbonyl (C=O) groups is 1. The lowest BCUT2D eigenvalue weighted by molar-refractivity contribution is -0.119. The molecule has 0 aliphatic rings. The molecule has 10 nitrogen and oxygen atoms in total. The molecule has 1 aromatic carbocycles. The lowest BCUT2D eigenvalue weighted by Crippen LogP contribution is -2.22. The molecule has 1 amide bonds. The number of carbonyl (C=O) groups excluding carboxylic acids is 1. The number of nitrogen functional groups attached to an aromatic ring is 1. The van der Waals surface area contributed by atoms with Crippen molar-refractivity contribution in [2.75, 3.05) is 24.8 Å². The molecule has 0 saturated heterocycles. The third-order valence-corrected chi connectivity index (χ3v) is 5.82. The van der Waals surface area contributed by atoms with Gasteiger partial charge in [0.1, 0.15) is 12.4 Å². The summed E-state index contributed by atoms with van der Waals surface area (Å²) in [6.45, 7) is 1.72. The Labute approximate surface area is 200 Å². The van der Waals surface area contributed by atoms with Crippen LogP contribution in [0.5, 0.6) is 0 Å². The van der Waals surface area contributed by atoms with Crippen LogP contribution in [-0.4, -0.2) is 43.7 Å². The molecule has 0 spiro atoms. The molecule has 5 aromatic rings. The molecule has 0 saturated carbocycles. The number of anilines is 2. The molecule has 0 radical (unpaired) electrons. The summed E-state index contributed by atoms with van der Waals surface area (Å²) in [6.07, 6.45) is 5.03. The van der Waals surface area contributed by atoms with Gasteiger partial charge in [0.2, 0.25) is 0 Å². The summed E-state index contributed by atoms with van der Waals surface area (Å²) in [4.78, 5) is 38.5. The number of aromatic nitrogens is 5. The van der Waals surface area contributed by atoms with Crippen LogP contribution in [0.2, 0.25) is 0 Å². The largest absolute Gasteiger partial charge is 0.397 e. The summed E-state index contributed by atoms with van der Waals surface area (Å²) in [5, 5.41) is 3.49. The fourth-order valence-electron chi connectivity index (χ4n) is 4.19. The number of nitrogens with two attached hydrogens (primary N) is 1. The molecule has 5 rings (SSSR count). The van der Waals surface area contributed by atoms with E-state index >= 15 is 0 Å². The number of ether oxygens (including phenoxy) is 1. The van der Waals surface area contributed by atoms with Gasteiger partial charge in [-0.3, -0.25) is 23.9 Å². The molecule has 3 N–H and O–H groups in total. The Bertz CT molecular complexity index is 1670. The Morgan fingerprint density at radius 2 is 1.94 bits per heavy atom. The number of imidazole rings is 1. The van der Waals surface area contributed by atoms with Gasteiger partial charge in [0.15, 0.2) is 0 Å². The third-order valence-electron chi connectivity index (χ3n) is 5.82. The maximum absolute atomic E-state index is 13.4. The van der Waals surface area contributed by atoms with Gasteiger partial charge in [0.25, 0.3) is 5.91 Å². The summed E-state index contributed by atoms with van der Waals surface area (Å²) < 4.78 is 8.04. The zero-order chi connectivity index (χ0) is 24.7. The van der Waals surface area contributed by atoms with Crippen LogP contribution in [0.15, 0.2) is 59.8 Å². The summed E-state index contributed by atoms with van der Waals surface area (Å²) >= 11 is 0. The first kappa shape index (κ1) is 22.2. The summed E-state index contributed by atoms with van der Waals surface area (Å²) in [5.74, 6) is 0.0691. The van der Waals surface area contributed by atoms with Crippen LogP contribution in [0.3, 0.4) is 0 Å². The van der Waals surface area contributed by atoms with Gasteiger partial charge in [-0.1, -0.05) is 6.07 Å². The number of fused-ring (bicyclic) bond motifs is 3. The zero-order valence-corrected chi connectivity index (χ0v) is 19.4. The van der Waals surface area contributed by atoms with E-state index in [9.17, 15) is 9.59 Å². The maximum atomic E-state index is 13.4. The maximum Gasteiger partial charge on any atom is 0.333 e. The van der Waals surface area contributed by atoms with Gasteiger partial charge in [0.05, 0.1) is 39.8 Å². The van der Waals surface area contributed by atoms with Crippen molar-refractivity contribution in [3.8, 4) is 16.8 Å². The molecule has 176 valence electrons. The molecule has 0 unspecified atom stereocenters. The number of rotatable bonds is 5. The molecular formula is C25H23N7O3. The van der Waals surface area contributed by atoms with E-state index in [1.165, 1.54) is 7.11 Å². The van der Waals surface area contributed by atoms with E-state index in [-0.39, 0.29) is 18.2 Å². The number of hydrogen-bond acceptors (Lipinski definition) is 7. The van der Waals surface area contributed by atoms with E-state index in [2.05, 4.69) is 20.3 Å². The van der Waals surface area contributed by atoms with Gasteiger partial charge in [-0.25, -0.2) is 9.78 Å². The zero-order valence-electron chi connectivity index (χ0n) is 19.4.